The summed E-state index contributed by atoms with van der Waals surface area (Å²) in [6, 6.07) is 0. The molecule has 11 heavy (non-hydrogen) atoms. The monoisotopic (exact) mass is 158 g/mol. The Balaban J connectivity index is 4.00. The van der Waals surface area contributed by atoms with Crippen LogP contribution in [-0.4, -0.2) is 16.7 Å². The Hall–Kier alpha value is -0.990. The molecule has 0 unspecified atom stereocenters. The van der Waals surface area contributed by atoms with Gasteiger partial charge in [-0.1, -0.05) is 0 Å². The van der Waals surface area contributed by atoms with Crippen LogP contribution < -0.4 is 0 Å². The molecule has 0 heterocycles. The van der Waals surface area contributed by atoms with Crippen LogP contribution in [0.1, 0.15) is 27.7 Å². The Kier molecular flexibility index (Phi) is 3.11. The molecule has 0 radical (unpaired) electrons. The van der Waals surface area contributed by atoms with Gasteiger partial charge in [0.05, 0.1) is 11.8 Å². The van der Waals surface area contributed by atoms with E-state index >= 15 is 0 Å². The third-order valence-corrected chi connectivity index (χ3v) is 0.734. The van der Waals surface area contributed by atoms with Gasteiger partial charge in [-0.2, -0.15) is 0 Å². The molecule has 0 aliphatic rings. The summed E-state index contributed by atoms with van der Waals surface area (Å²) < 4.78 is 4.87. The number of rotatable bonds is 1. The summed E-state index contributed by atoms with van der Waals surface area (Å²) in [4.78, 5) is 10.8. The lowest BCUT2D eigenvalue weighted by Crippen LogP contribution is -2.22. The minimum atomic E-state index is -0.516. The van der Waals surface area contributed by atoms with Crippen molar-refractivity contribution in [2.75, 3.05) is 0 Å². The van der Waals surface area contributed by atoms with Gasteiger partial charge in [-0.05, 0) is 27.7 Å². The molecule has 0 amide bonds. The predicted octanol–water partition coefficient (Wildman–Crippen LogP) is 1.79. The number of allylic oxidation sites excluding steroid dienone is 1. The number of aliphatic hydroxyl groups excluding tert-OH is 1. The molecule has 3 heteroatoms. The molecule has 0 aromatic carbocycles. The molecular formula is C8H14O3. The maximum absolute atomic E-state index is 10.8. The maximum Gasteiger partial charge on any atom is 0.334 e. The lowest BCUT2D eigenvalue weighted by molar-refractivity contribution is -0.148. The summed E-state index contributed by atoms with van der Waals surface area (Å²) in [5, 5.41) is 8.68. The first-order chi connectivity index (χ1) is 4.81. The second-order valence-corrected chi connectivity index (χ2v) is 3.32. The van der Waals surface area contributed by atoms with E-state index in [2.05, 4.69) is 0 Å². The molecule has 3 nitrogen and oxygen atoms in total. The summed E-state index contributed by atoms with van der Waals surface area (Å²) >= 11 is 0. The third-order valence-electron chi connectivity index (χ3n) is 0.734. The minimum absolute atomic E-state index is 0.0424. The van der Waals surface area contributed by atoms with E-state index in [1.165, 1.54) is 6.92 Å². The zero-order chi connectivity index (χ0) is 9.07. The van der Waals surface area contributed by atoms with Gasteiger partial charge in [0.15, 0.2) is 0 Å². The molecule has 1 N–H and O–H groups in total. The summed E-state index contributed by atoms with van der Waals surface area (Å²) in [6.07, 6.45) is 1.05. The molecule has 0 bridgehead atoms. The van der Waals surface area contributed by atoms with Crippen molar-refractivity contribution >= 4 is 5.97 Å². The van der Waals surface area contributed by atoms with Crippen LogP contribution in [0.3, 0.4) is 0 Å². The second-order valence-electron chi connectivity index (χ2n) is 3.32. The average molecular weight is 158 g/mol. The van der Waals surface area contributed by atoms with Gasteiger partial charge in [-0.15, -0.1) is 0 Å². The first-order valence-corrected chi connectivity index (χ1v) is 3.41. The fourth-order valence-electron chi connectivity index (χ4n) is 0.502. The zero-order valence-corrected chi connectivity index (χ0v) is 7.34. The molecule has 0 rings (SSSR count). The summed E-state index contributed by atoms with van der Waals surface area (Å²) in [5.41, 5.74) is -0.497. The van der Waals surface area contributed by atoms with Gasteiger partial charge in [0.1, 0.15) is 5.60 Å². The Morgan fingerprint density at radius 2 is 1.91 bits per heavy atom. The zero-order valence-electron chi connectivity index (χ0n) is 7.34. The molecule has 0 saturated heterocycles. The Morgan fingerprint density at radius 3 is 2.18 bits per heavy atom. The third kappa shape index (κ3) is 6.90. The van der Waals surface area contributed by atoms with Crippen LogP contribution in [0.15, 0.2) is 11.8 Å². The smallest absolute Gasteiger partial charge is 0.334 e. The van der Waals surface area contributed by atoms with Crippen molar-refractivity contribution < 1.29 is 14.6 Å². The van der Waals surface area contributed by atoms with Gasteiger partial charge in [0, 0.05) is 0 Å². The average Bonchev–Trinajstić information content (AvgIpc) is 1.53. The van der Waals surface area contributed by atoms with E-state index in [1.54, 1.807) is 20.8 Å². The summed E-state index contributed by atoms with van der Waals surface area (Å²) in [5.74, 6) is -0.559. The SMILES string of the molecule is C/C(O)=C/C(=O)OC(C)(C)C. The Morgan fingerprint density at radius 1 is 1.45 bits per heavy atom. The van der Waals surface area contributed by atoms with Crippen molar-refractivity contribution in [1.29, 1.82) is 0 Å². The Labute approximate surface area is 66.7 Å². The second kappa shape index (κ2) is 3.42. The normalized spacial score (nSPS) is 12.9. The van der Waals surface area contributed by atoms with Crippen molar-refractivity contribution in [3.63, 3.8) is 0 Å². The number of hydrogen-bond donors (Lipinski definition) is 1. The molecule has 0 fully saturated rings. The lowest BCUT2D eigenvalue weighted by atomic mass is 10.2. The van der Waals surface area contributed by atoms with Crippen LogP contribution in [0.5, 0.6) is 0 Å². The molecular weight excluding hydrogens is 144 g/mol. The fraction of sp³-hybridized carbons (Fsp3) is 0.625. The maximum atomic E-state index is 10.8. The number of aliphatic hydroxyl groups is 1. The first kappa shape index (κ1) is 10.0. The van der Waals surface area contributed by atoms with Gasteiger partial charge in [-0.3, -0.25) is 0 Å². The largest absolute Gasteiger partial charge is 0.512 e. The first-order valence-electron chi connectivity index (χ1n) is 3.41. The molecule has 0 spiro atoms. The van der Waals surface area contributed by atoms with Crippen molar-refractivity contribution in [2.45, 2.75) is 33.3 Å². The van der Waals surface area contributed by atoms with Crippen LogP contribution in [-0.2, 0) is 9.53 Å². The van der Waals surface area contributed by atoms with E-state index in [4.69, 9.17) is 9.84 Å². The van der Waals surface area contributed by atoms with E-state index in [-0.39, 0.29) is 5.76 Å². The predicted molar refractivity (Wildman–Crippen MR) is 42.2 cm³/mol. The van der Waals surface area contributed by atoms with E-state index < -0.39 is 11.6 Å². The van der Waals surface area contributed by atoms with Crippen molar-refractivity contribution in [3.05, 3.63) is 11.8 Å². The van der Waals surface area contributed by atoms with Crippen molar-refractivity contribution in [2.24, 2.45) is 0 Å². The quantitative estimate of drug-likeness (QED) is 0.359. The van der Waals surface area contributed by atoms with E-state index in [1.807, 2.05) is 0 Å². The molecule has 0 aromatic rings. The summed E-state index contributed by atoms with van der Waals surface area (Å²) in [6.45, 7) is 6.73. The minimum Gasteiger partial charge on any atom is -0.512 e. The molecule has 0 atom stereocenters. The highest BCUT2D eigenvalue weighted by Gasteiger charge is 2.14. The van der Waals surface area contributed by atoms with Gasteiger partial charge >= 0.3 is 5.97 Å². The Bertz CT molecular complexity index is 170. The number of carbonyl (C=O) groups is 1. The van der Waals surface area contributed by atoms with E-state index in [0.29, 0.717) is 0 Å². The summed E-state index contributed by atoms with van der Waals surface area (Å²) in [7, 11) is 0. The standard InChI is InChI=1S/C8H14O3/c1-6(9)5-7(10)11-8(2,3)4/h5,9H,1-4H3/b6-5-. The topological polar surface area (TPSA) is 46.5 Å². The van der Waals surface area contributed by atoms with E-state index in [0.717, 1.165) is 6.08 Å². The van der Waals surface area contributed by atoms with E-state index in [9.17, 15) is 4.79 Å². The number of esters is 1. The molecule has 0 aliphatic carbocycles. The van der Waals surface area contributed by atoms with Gasteiger partial charge in [0.2, 0.25) is 0 Å². The molecule has 0 aliphatic heterocycles. The van der Waals surface area contributed by atoms with Crippen molar-refractivity contribution in [1.82, 2.24) is 0 Å². The fourth-order valence-corrected chi connectivity index (χ4v) is 0.502. The number of ether oxygens (including phenoxy) is 1. The lowest BCUT2D eigenvalue weighted by Gasteiger charge is -2.17. The van der Waals surface area contributed by atoms with Crippen LogP contribution in [0.25, 0.3) is 0 Å². The van der Waals surface area contributed by atoms with Gasteiger partial charge in [0.25, 0.3) is 0 Å². The van der Waals surface area contributed by atoms with Crippen molar-refractivity contribution in [3.8, 4) is 0 Å². The molecule has 64 valence electrons. The van der Waals surface area contributed by atoms with Crippen LogP contribution in [0.2, 0.25) is 0 Å². The highest BCUT2D eigenvalue weighted by atomic mass is 16.6. The number of hydrogen-bond acceptors (Lipinski definition) is 3. The highest BCUT2D eigenvalue weighted by Crippen LogP contribution is 2.07. The van der Waals surface area contributed by atoms with Crippen LogP contribution in [0.4, 0.5) is 0 Å². The molecule has 0 aromatic heterocycles. The highest BCUT2D eigenvalue weighted by molar-refractivity contribution is 5.82. The van der Waals surface area contributed by atoms with Gasteiger partial charge < -0.3 is 9.84 Å². The van der Waals surface area contributed by atoms with Gasteiger partial charge in [-0.25, -0.2) is 4.79 Å². The van der Waals surface area contributed by atoms with Crippen LogP contribution >= 0.6 is 0 Å². The molecule has 0 saturated carbocycles. The number of carbonyl (C=O) groups excluding carboxylic acids is 1. The van der Waals surface area contributed by atoms with Crippen LogP contribution in [0, 0.1) is 0 Å².